The lowest BCUT2D eigenvalue weighted by molar-refractivity contribution is 0.580. The Labute approximate surface area is 116 Å². The predicted octanol–water partition coefficient (Wildman–Crippen LogP) is 1.82. The van der Waals surface area contributed by atoms with Crippen molar-refractivity contribution in [2.75, 3.05) is 5.73 Å². The molecule has 102 valence electrons. The van der Waals surface area contributed by atoms with Gasteiger partial charge in [0.25, 0.3) is 0 Å². The summed E-state index contributed by atoms with van der Waals surface area (Å²) in [6.07, 6.45) is 1.65. The Kier molecular flexibility index (Phi) is 3.88. The minimum atomic E-state index is -3.57. The third-order valence-corrected chi connectivity index (χ3v) is 5.30. The maximum Gasteiger partial charge on any atom is 0.241 e. The number of rotatable bonds is 4. The molecule has 5 nitrogen and oxygen atoms in total. The third-order valence-electron chi connectivity index (χ3n) is 2.83. The molecule has 0 unspecified atom stereocenters. The molecule has 7 heteroatoms. The van der Waals surface area contributed by atoms with Gasteiger partial charge in [0.05, 0.1) is 10.4 Å². The summed E-state index contributed by atoms with van der Waals surface area (Å²) >= 11 is 1.41. The van der Waals surface area contributed by atoms with Crippen LogP contribution in [0.15, 0.2) is 28.7 Å². The van der Waals surface area contributed by atoms with Crippen molar-refractivity contribution in [2.45, 2.75) is 25.3 Å². The van der Waals surface area contributed by atoms with Gasteiger partial charge in [-0.05, 0) is 31.0 Å². The number of hydrogen-bond acceptors (Lipinski definition) is 5. The van der Waals surface area contributed by atoms with Crippen LogP contribution in [-0.4, -0.2) is 13.4 Å². The van der Waals surface area contributed by atoms with E-state index in [0.29, 0.717) is 16.8 Å². The number of anilines is 1. The van der Waals surface area contributed by atoms with E-state index in [0.717, 1.165) is 4.88 Å². The van der Waals surface area contributed by atoms with Gasteiger partial charge in [-0.3, -0.25) is 4.98 Å². The molecule has 0 aliphatic carbocycles. The maximum atomic E-state index is 12.3. The second kappa shape index (κ2) is 5.28. The summed E-state index contributed by atoms with van der Waals surface area (Å²) in [5, 5.41) is 0. The highest BCUT2D eigenvalue weighted by molar-refractivity contribution is 7.89. The fourth-order valence-corrected chi connectivity index (χ4v) is 3.95. The van der Waals surface area contributed by atoms with Gasteiger partial charge in [-0.25, -0.2) is 13.1 Å². The molecular formula is C12H15N3O2S2. The van der Waals surface area contributed by atoms with E-state index in [1.54, 1.807) is 37.7 Å². The van der Waals surface area contributed by atoms with Crippen molar-refractivity contribution in [2.24, 2.45) is 0 Å². The molecule has 1 aromatic heterocycles. The van der Waals surface area contributed by atoms with Gasteiger partial charge in [-0.1, -0.05) is 6.07 Å². The number of nitrogens with two attached hydrogens (primary N) is 1. The van der Waals surface area contributed by atoms with Crippen LogP contribution in [0.5, 0.6) is 0 Å². The molecule has 2 rings (SSSR count). The summed E-state index contributed by atoms with van der Waals surface area (Å²) < 4.78 is 27.3. The summed E-state index contributed by atoms with van der Waals surface area (Å²) in [6.45, 7) is 3.71. The fraction of sp³-hybridized carbons (Fsp3) is 0.250. The third kappa shape index (κ3) is 2.94. The van der Waals surface area contributed by atoms with E-state index in [-0.39, 0.29) is 11.4 Å². The quantitative estimate of drug-likeness (QED) is 0.843. The van der Waals surface area contributed by atoms with Gasteiger partial charge >= 0.3 is 0 Å². The fourth-order valence-electron chi connectivity index (χ4n) is 1.82. The smallest absolute Gasteiger partial charge is 0.241 e. The number of hydrogen-bond donors (Lipinski definition) is 2. The molecule has 3 N–H and O–H groups in total. The summed E-state index contributed by atoms with van der Waals surface area (Å²) in [7, 11) is -3.57. The van der Waals surface area contributed by atoms with Gasteiger partial charge in [0, 0.05) is 23.3 Å². The average Bonchev–Trinajstić information content (AvgIpc) is 2.85. The first-order valence-electron chi connectivity index (χ1n) is 5.64. The summed E-state index contributed by atoms with van der Waals surface area (Å²) in [5.41, 5.74) is 9.18. The van der Waals surface area contributed by atoms with Crippen molar-refractivity contribution in [3.8, 4) is 0 Å². The van der Waals surface area contributed by atoms with Crippen LogP contribution in [0.4, 0.5) is 5.69 Å². The first-order chi connectivity index (χ1) is 8.92. The molecule has 0 amide bonds. The highest BCUT2D eigenvalue weighted by Gasteiger charge is 2.20. The molecule has 0 bridgehead atoms. The van der Waals surface area contributed by atoms with Crippen molar-refractivity contribution in [3.63, 3.8) is 0 Å². The minimum absolute atomic E-state index is 0.237. The Bertz CT molecular complexity index is 679. The zero-order chi connectivity index (χ0) is 14.0. The molecule has 2 aromatic rings. The SMILES string of the molecule is Cc1ccc(N)c(C)c1S(=O)(=O)NCc1cncs1. The number of nitrogen functional groups attached to an aromatic ring is 1. The normalized spacial score (nSPS) is 11.7. The lowest BCUT2D eigenvalue weighted by atomic mass is 10.1. The Hall–Kier alpha value is -1.44. The van der Waals surface area contributed by atoms with Gasteiger partial charge in [-0.15, -0.1) is 11.3 Å². The predicted molar refractivity (Wildman–Crippen MR) is 76.5 cm³/mol. The van der Waals surface area contributed by atoms with E-state index in [4.69, 9.17) is 5.73 Å². The van der Waals surface area contributed by atoms with Gasteiger partial charge in [0.2, 0.25) is 10.0 Å². The molecule has 0 fully saturated rings. The van der Waals surface area contributed by atoms with Gasteiger partial charge in [-0.2, -0.15) is 0 Å². The maximum absolute atomic E-state index is 12.3. The molecule has 0 atom stereocenters. The zero-order valence-electron chi connectivity index (χ0n) is 10.7. The average molecular weight is 297 g/mol. The molecule has 0 saturated heterocycles. The van der Waals surface area contributed by atoms with Crippen LogP contribution >= 0.6 is 11.3 Å². The lowest BCUT2D eigenvalue weighted by Crippen LogP contribution is -2.24. The number of benzene rings is 1. The number of aromatic nitrogens is 1. The van der Waals surface area contributed by atoms with Crippen molar-refractivity contribution in [1.29, 1.82) is 0 Å². The Morgan fingerprint density at radius 2 is 2.11 bits per heavy atom. The van der Waals surface area contributed by atoms with E-state index in [9.17, 15) is 8.42 Å². The van der Waals surface area contributed by atoms with Crippen LogP contribution in [0.1, 0.15) is 16.0 Å². The molecule has 0 aliphatic rings. The van der Waals surface area contributed by atoms with Crippen molar-refractivity contribution in [1.82, 2.24) is 9.71 Å². The molecule has 1 aromatic carbocycles. The van der Waals surface area contributed by atoms with Crippen molar-refractivity contribution < 1.29 is 8.42 Å². The first-order valence-corrected chi connectivity index (χ1v) is 8.01. The number of nitrogens with zero attached hydrogens (tertiary/aromatic N) is 1. The van der Waals surface area contributed by atoms with E-state index < -0.39 is 10.0 Å². The summed E-state index contributed by atoms with van der Waals surface area (Å²) in [5.74, 6) is 0. The minimum Gasteiger partial charge on any atom is -0.398 e. The first kappa shape index (κ1) is 14.0. The largest absolute Gasteiger partial charge is 0.398 e. The van der Waals surface area contributed by atoms with E-state index in [2.05, 4.69) is 9.71 Å². The topological polar surface area (TPSA) is 85.1 Å². The summed E-state index contributed by atoms with van der Waals surface area (Å²) in [6, 6.07) is 3.43. The Morgan fingerprint density at radius 3 is 2.74 bits per heavy atom. The van der Waals surface area contributed by atoms with E-state index in [1.807, 2.05) is 0 Å². The number of sulfonamides is 1. The van der Waals surface area contributed by atoms with Crippen molar-refractivity contribution >= 4 is 27.0 Å². The lowest BCUT2D eigenvalue weighted by Gasteiger charge is -2.13. The molecule has 0 aliphatic heterocycles. The van der Waals surface area contributed by atoms with Crippen LogP contribution in [0.25, 0.3) is 0 Å². The number of nitrogens with one attached hydrogen (secondary N) is 1. The highest BCUT2D eigenvalue weighted by atomic mass is 32.2. The van der Waals surface area contributed by atoms with Crippen LogP contribution < -0.4 is 10.5 Å². The second-order valence-electron chi connectivity index (χ2n) is 4.22. The Morgan fingerprint density at radius 1 is 1.37 bits per heavy atom. The van der Waals surface area contributed by atoms with Crippen LogP contribution in [0, 0.1) is 13.8 Å². The monoisotopic (exact) mass is 297 g/mol. The van der Waals surface area contributed by atoms with Gasteiger partial charge in [0.15, 0.2) is 0 Å². The van der Waals surface area contributed by atoms with Gasteiger partial charge in [0.1, 0.15) is 0 Å². The molecule has 1 heterocycles. The molecule has 0 spiro atoms. The number of aryl methyl sites for hydroxylation is 1. The molecular weight excluding hydrogens is 282 g/mol. The van der Waals surface area contributed by atoms with Crippen molar-refractivity contribution in [3.05, 3.63) is 39.8 Å². The molecule has 19 heavy (non-hydrogen) atoms. The highest BCUT2D eigenvalue weighted by Crippen LogP contribution is 2.24. The second-order valence-corrected chi connectivity index (χ2v) is 6.89. The van der Waals surface area contributed by atoms with Crippen LogP contribution in [0.2, 0.25) is 0 Å². The number of thiazole rings is 1. The van der Waals surface area contributed by atoms with Crippen LogP contribution in [0.3, 0.4) is 0 Å². The van der Waals surface area contributed by atoms with Gasteiger partial charge < -0.3 is 5.73 Å². The standard InChI is InChI=1S/C12H15N3O2S2/c1-8-3-4-11(13)9(2)12(8)19(16,17)15-6-10-5-14-7-18-10/h3-5,7,15H,6,13H2,1-2H3. The summed E-state index contributed by atoms with van der Waals surface area (Å²) in [4.78, 5) is 5.03. The van der Waals surface area contributed by atoms with E-state index in [1.165, 1.54) is 11.3 Å². The molecule has 0 radical (unpaired) electrons. The van der Waals surface area contributed by atoms with E-state index >= 15 is 0 Å². The zero-order valence-corrected chi connectivity index (χ0v) is 12.3. The Balaban J connectivity index is 2.32. The molecule has 0 saturated carbocycles. The van der Waals surface area contributed by atoms with Crippen LogP contribution in [-0.2, 0) is 16.6 Å².